The van der Waals surface area contributed by atoms with Gasteiger partial charge in [-0.05, 0) is 44.9 Å². The summed E-state index contributed by atoms with van der Waals surface area (Å²) in [6.45, 7) is 4.49. The number of hydrogen-bond donors (Lipinski definition) is 0. The van der Waals surface area contributed by atoms with Gasteiger partial charge in [0.25, 0.3) is 0 Å². The normalized spacial score (nSPS) is 13.4. The van der Waals surface area contributed by atoms with E-state index in [0.29, 0.717) is 12.8 Å². The molecule has 2 unspecified atom stereocenters. The van der Waals surface area contributed by atoms with Crippen molar-refractivity contribution in [3.63, 3.8) is 0 Å². The molecule has 0 N–H and O–H groups in total. The first kappa shape index (κ1) is 45.6. The number of rotatable bonds is 33. The van der Waals surface area contributed by atoms with Crippen molar-refractivity contribution in [2.24, 2.45) is 0 Å². The maximum absolute atomic E-state index is 12.6. The fourth-order valence-corrected chi connectivity index (χ4v) is 5.32. The molecule has 0 bridgehead atoms. The number of allylic oxidation sites excluding steroid dienone is 6. The first-order valence-electron chi connectivity index (χ1n) is 19.0. The van der Waals surface area contributed by atoms with Crippen molar-refractivity contribution < 1.29 is 38.2 Å². The lowest BCUT2D eigenvalue weighted by molar-refractivity contribution is -0.889. The fraction of sp³-hybridized carbons (Fsp3) is 0.775. The summed E-state index contributed by atoms with van der Waals surface area (Å²) in [6.07, 6.45) is 33.1. The Hall–Kier alpha value is -2.45. The third-order valence-corrected chi connectivity index (χ3v) is 8.29. The maximum Gasteiger partial charge on any atom is 0.306 e. The number of carbonyl (C=O) groups is 3. The molecule has 0 aliphatic rings. The van der Waals surface area contributed by atoms with Crippen molar-refractivity contribution in [2.45, 2.75) is 161 Å². The molecule has 0 aromatic rings. The van der Waals surface area contributed by atoms with Gasteiger partial charge in [-0.3, -0.25) is 9.59 Å². The summed E-state index contributed by atoms with van der Waals surface area (Å²) in [5, 5.41) is 11.6. The van der Waals surface area contributed by atoms with Gasteiger partial charge in [-0.15, -0.1) is 0 Å². The second-order valence-corrected chi connectivity index (χ2v) is 13.8. The summed E-state index contributed by atoms with van der Waals surface area (Å²) in [5.41, 5.74) is 0. The third kappa shape index (κ3) is 29.7. The van der Waals surface area contributed by atoms with E-state index < -0.39 is 18.1 Å². The molecule has 0 aliphatic heterocycles. The Morgan fingerprint density at radius 2 is 1.17 bits per heavy atom. The molecule has 0 aromatic heterocycles. The first-order valence-corrected chi connectivity index (χ1v) is 19.0. The number of unbranched alkanes of at least 4 members (excludes halogenated alkanes) is 13. The van der Waals surface area contributed by atoms with Crippen molar-refractivity contribution in [1.29, 1.82) is 0 Å². The maximum atomic E-state index is 12.6. The smallest absolute Gasteiger partial charge is 0.306 e. The number of carbonyl (C=O) groups excluding carboxylic acids is 3. The van der Waals surface area contributed by atoms with Crippen LogP contribution in [-0.2, 0) is 28.6 Å². The summed E-state index contributed by atoms with van der Waals surface area (Å²) in [7, 11) is 5.38. The van der Waals surface area contributed by atoms with Crippen LogP contribution in [0.1, 0.15) is 149 Å². The van der Waals surface area contributed by atoms with Gasteiger partial charge in [-0.25, -0.2) is 0 Å². The van der Waals surface area contributed by atoms with E-state index in [0.717, 1.165) is 70.6 Å². The highest BCUT2D eigenvalue weighted by atomic mass is 16.6. The third-order valence-electron chi connectivity index (χ3n) is 8.29. The number of likely N-dealkylation sites (N-methyl/N-ethyl adjacent to an activating group) is 1. The number of carboxylic acid groups (broad SMARTS) is 1. The molecule has 0 rings (SSSR count). The monoisotopic (exact) mass is 678 g/mol. The topological polar surface area (TPSA) is 102 Å². The number of esters is 2. The van der Waals surface area contributed by atoms with E-state index in [1.54, 1.807) is 21.1 Å². The van der Waals surface area contributed by atoms with Crippen LogP contribution in [0.4, 0.5) is 0 Å². The van der Waals surface area contributed by atoms with E-state index in [2.05, 4.69) is 50.3 Å². The molecule has 0 amide bonds. The molecular weight excluding hydrogens is 606 g/mol. The van der Waals surface area contributed by atoms with Gasteiger partial charge in [0.05, 0.1) is 40.3 Å². The second-order valence-electron chi connectivity index (χ2n) is 13.8. The molecule has 0 heterocycles. The van der Waals surface area contributed by atoms with Crippen molar-refractivity contribution in [2.75, 3.05) is 41.0 Å². The summed E-state index contributed by atoms with van der Waals surface area (Å²) in [6, 6.07) is -0.727. The molecule has 2 atom stereocenters. The van der Waals surface area contributed by atoms with E-state index in [4.69, 9.17) is 14.2 Å². The summed E-state index contributed by atoms with van der Waals surface area (Å²) < 4.78 is 17.0. The van der Waals surface area contributed by atoms with Crippen molar-refractivity contribution in [1.82, 2.24) is 0 Å². The standard InChI is InChI=1S/C40H71NO7/c1-6-8-10-12-14-16-18-19-20-21-23-25-27-29-31-39(43)48-36(34-46-33-32-37(40(44)45)41(3,4)5)35-47-38(42)30-28-26-24-22-17-15-13-11-9-7-2/h8,10,14,16,19-20,36-37H,6-7,9,11-13,15,17-18,21-35H2,1-5H3/b10-8+,16-14+,20-19+. The highest BCUT2D eigenvalue weighted by molar-refractivity contribution is 5.70. The zero-order valence-electron chi connectivity index (χ0n) is 31.4. The van der Waals surface area contributed by atoms with Crippen LogP contribution < -0.4 is 5.11 Å². The van der Waals surface area contributed by atoms with E-state index in [1.807, 2.05) is 0 Å². The molecule has 0 spiro atoms. The van der Waals surface area contributed by atoms with Crippen LogP contribution >= 0.6 is 0 Å². The van der Waals surface area contributed by atoms with Crippen LogP contribution in [0.25, 0.3) is 0 Å². The van der Waals surface area contributed by atoms with Crippen molar-refractivity contribution >= 4 is 17.9 Å². The Morgan fingerprint density at radius 3 is 1.73 bits per heavy atom. The predicted molar refractivity (Wildman–Crippen MR) is 194 cm³/mol. The number of aliphatic carboxylic acids is 1. The molecule has 0 aromatic carbocycles. The SMILES string of the molecule is CC/C=C/C/C=C/C/C=C/CCCCCCC(=O)OC(COCCC(C(=O)[O-])[N+](C)(C)C)COC(=O)CCCCCCCCCCCC. The molecular formula is C40H71NO7. The molecule has 0 aliphatic carbocycles. The second kappa shape index (κ2) is 31.8. The lowest BCUT2D eigenvalue weighted by Crippen LogP contribution is -2.55. The zero-order chi connectivity index (χ0) is 35.7. The van der Waals surface area contributed by atoms with Crippen LogP contribution in [0.5, 0.6) is 0 Å². The zero-order valence-corrected chi connectivity index (χ0v) is 31.4. The molecule has 0 saturated heterocycles. The summed E-state index contributed by atoms with van der Waals surface area (Å²) in [4.78, 5) is 36.6. The Bertz CT molecular complexity index is 891. The van der Waals surface area contributed by atoms with Crippen LogP contribution in [0.3, 0.4) is 0 Å². The van der Waals surface area contributed by atoms with Gasteiger partial charge in [0, 0.05) is 19.3 Å². The highest BCUT2D eigenvalue weighted by Gasteiger charge is 2.25. The number of ether oxygens (including phenoxy) is 3. The Labute approximate surface area is 293 Å². The van der Waals surface area contributed by atoms with Gasteiger partial charge in [0.15, 0.2) is 6.10 Å². The number of hydrogen-bond acceptors (Lipinski definition) is 7. The summed E-state index contributed by atoms with van der Waals surface area (Å²) in [5.74, 6) is -1.77. The van der Waals surface area contributed by atoms with Gasteiger partial charge in [-0.2, -0.15) is 0 Å². The largest absolute Gasteiger partial charge is 0.544 e. The predicted octanol–water partition coefficient (Wildman–Crippen LogP) is 8.18. The van der Waals surface area contributed by atoms with Gasteiger partial charge >= 0.3 is 11.9 Å². The molecule has 8 heteroatoms. The quantitative estimate of drug-likeness (QED) is 0.0299. The molecule has 0 saturated carbocycles. The molecule has 278 valence electrons. The lowest BCUT2D eigenvalue weighted by Gasteiger charge is -2.34. The van der Waals surface area contributed by atoms with Crippen LogP contribution in [0, 0.1) is 0 Å². The minimum absolute atomic E-state index is 0.0329. The fourth-order valence-electron chi connectivity index (χ4n) is 5.32. The molecule has 0 fully saturated rings. The average molecular weight is 678 g/mol. The van der Waals surface area contributed by atoms with E-state index in [-0.39, 0.29) is 42.7 Å². The van der Waals surface area contributed by atoms with Gasteiger partial charge in [0.2, 0.25) is 0 Å². The highest BCUT2D eigenvalue weighted by Crippen LogP contribution is 2.13. The van der Waals surface area contributed by atoms with E-state index in [9.17, 15) is 19.5 Å². The van der Waals surface area contributed by atoms with Crippen LogP contribution in [0.15, 0.2) is 36.5 Å². The van der Waals surface area contributed by atoms with Crippen molar-refractivity contribution in [3.05, 3.63) is 36.5 Å². The lowest BCUT2D eigenvalue weighted by atomic mass is 10.1. The average Bonchev–Trinajstić information content (AvgIpc) is 3.03. The minimum Gasteiger partial charge on any atom is -0.544 e. The number of quaternary nitrogens is 1. The minimum atomic E-state index is -1.13. The molecule has 48 heavy (non-hydrogen) atoms. The van der Waals surface area contributed by atoms with E-state index >= 15 is 0 Å². The number of nitrogens with zero attached hydrogens (tertiary/aromatic N) is 1. The van der Waals surface area contributed by atoms with Crippen LogP contribution in [-0.4, -0.2) is 75.5 Å². The Balaban J connectivity index is 4.47. The van der Waals surface area contributed by atoms with Gasteiger partial charge < -0.3 is 28.6 Å². The van der Waals surface area contributed by atoms with Crippen molar-refractivity contribution in [3.8, 4) is 0 Å². The van der Waals surface area contributed by atoms with Gasteiger partial charge in [0.1, 0.15) is 12.6 Å². The Morgan fingerprint density at radius 1 is 0.646 bits per heavy atom. The Kier molecular flexibility index (Phi) is 30.2. The molecule has 8 nitrogen and oxygen atoms in total. The summed E-state index contributed by atoms with van der Waals surface area (Å²) >= 11 is 0. The van der Waals surface area contributed by atoms with Gasteiger partial charge in [-0.1, -0.05) is 121 Å². The van der Waals surface area contributed by atoms with E-state index in [1.165, 1.54) is 44.9 Å². The number of carboxylic acids is 1. The first-order chi connectivity index (χ1) is 23.1. The molecule has 0 radical (unpaired) electrons. The van der Waals surface area contributed by atoms with Crippen LogP contribution in [0.2, 0.25) is 0 Å².